The van der Waals surface area contributed by atoms with E-state index in [0.29, 0.717) is 11.1 Å². The Morgan fingerprint density at radius 1 is 1.00 bits per heavy atom. The molecule has 5 rings (SSSR count). The van der Waals surface area contributed by atoms with Gasteiger partial charge in [0.15, 0.2) is 18.4 Å². The van der Waals surface area contributed by atoms with Gasteiger partial charge in [-0.3, -0.25) is 14.5 Å². The lowest BCUT2D eigenvalue weighted by Gasteiger charge is -2.49. The van der Waals surface area contributed by atoms with E-state index in [1.807, 2.05) is 79.7 Å². The average molecular weight is 517 g/mol. The Morgan fingerprint density at radius 2 is 1.59 bits per heavy atom. The fourth-order valence-electron chi connectivity index (χ4n) is 4.45. The predicted molar refractivity (Wildman–Crippen MR) is 138 cm³/mol. The van der Waals surface area contributed by atoms with E-state index >= 15 is 0 Å². The summed E-state index contributed by atoms with van der Waals surface area (Å²) in [5.41, 5.74) is 3.53. The van der Waals surface area contributed by atoms with Gasteiger partial charge in [0, 0.05) is 17.0 Å². The van der Waals surface area contributed by atoms with Crippen LogP contribution in [0.3, 0.4) is 0 Å². The molecule has 188 valence electrons. The first-order valence-electron chi connectivity index (χ1n) is 11.9. The van der Waals surface area contributed by atoms with Crippen LogP contribution in [-0.4, -0.2) is 47.4 Å². The van der Waals surface area contributed by atoms with Crippen molar-refractivity contribution in [1.82, 2.24) is 10.2 Å². The molecule has 0 unspecified atom stereocenters. The van der Waals surface area contributed by atoms with Crippen LogP contribution < -0.4 is 5.32 Å². The third-order valence-corrected chi connectivity index (χ3v) is 6.75. The normalized spacial score (nSPS) is 18.8. The zero-order chi connectivity index (χ0) is 25.9. The highest BCUT2D eigenvalue weighted by atomic mass is 35.5. The van der Waals surface area contributed by atoms with Gasteiger partial charge in [0.2, 0.25) is 0 Å². The van der Waals surface area contributed by atoms with Crippen LogP contribution >= 0.6 is 11.6 Å². The van der Waals surface area contributed by atoms with Crippen molar-refractivity contribution in [2.75, 3.05) is 12.5 Å². The molecular weight excluding hydrogens is 492 g/mol. The topological polar surface area (TPSA) is 84.9 Å². The van der Waals surface area contributed by atoms with E-state index in [0.717, 1.165) is 16.7 Å². The molecule has 3 aromatic carbocycles. The van der Waals surface area contributed by atoms with Gasteiger partial charge in [0.1, 0.15) is 5.70 Å². The lowest BCUT2D eigenvalue weighted by molar-refractivity contribution is -0.184. The second kappa shape index (κ2) is 10.6. The smallest absolute Gasteiger partial charge is 0.356 e. The number of fused-ring (bicyclic) bond motifs is 1. The monoisotopic (exact) mass is 516 g/mol. The van der Waals surface area contributed by atoms with Gasteiger partial charge < -0.3 is 14.8 Å². The molecule has 8 heteroatoms. The van der Waals surface area contributed by atoms with Gasteiger partial charge in [-0.15, -0.1) is 11.6 Å². The molecule has 1 fully saturated rings. The van der Waals surface area contributed by atoms with Crippen molar-refractivity contribution < 1.29 is 23.9 Å². The molecule has 0 aliphatic carbocycles. The minimum absolute atomic E-state index is 0.0112. The van der Waals surface area contributed by atoms with E-state index in [4.69, 9.17) is 21.1 Å². The summed E-state index contributed by atoms with van der Waals surface area (Å²) in [5, 5.41) is 2.72. The first-order valence-corrected chi connectivity index (χ1v) is 12.4. The SMILES string of the molecule is Cc1ccc(C(=O)N[C@@H]2C(=O)N3C(C(=O)OC(c4ccccc4)c4ccccc4)=C(CCl)CO[C@H]23)cc1. The van der Waals surface area contributed by atoms with Crippen molar-refractivity contribution >= 4 is 29.4 Å². The van der Waals surface area contributed by atoms with E-state index in [1.54, 1.807) is 12.1 Å². The van der Waals surface area contributed by atoms with Crippen molar-refractivity contribution in [3.05, 3.63) is 118 Å². The molecule has 2 amide bonds. The summed E-state index contributed by atoms with van der Waals surface area (Å²) in [5.74, 6) is -1.55. The number of aryl methyl sites for hydroxylation is 1. The Kier molecular flexibility index (Phi) is 7.08. The molecule has 0 radical (unpaired) electrons. The highest BCUT2D eigenvalue weighted by molar-refractivity contribution is 6.20. The number of rotatable bonds is 7. The highest BCUT2D eigenvalue weighted by Crippen LogP contribution is 2.36. The lowest BCUT2D eigenvalue weighted by atomic mass is 9.98. The summed E-state index contributed by atoms with van der Waals surface area (Å²) in [6.45, 7) is 1.97. The van der Waals surface area contributed by atoms with Crippen molar-refractivity contribution in [2.45, 2.75) is 25.3 Å². The number of nitrogens with one attached hydrogen (secondary N) is 1. The molecule has 2 aliphatic heterocycles. The summed E-state index contributed by atoms with van der Waals surface area (Å²) in [6, 6.07) is 24.8. The molecule has 0 saturated carbocycles. The van der Waals surface area contributed by atoms with Gasteiger partial charge in [-0.2, -0.15) is 0 Å². The quantitative estimate of drug-likeness (QED) is 0.290. The Bertz CT molecular complexity index is 1300. The molecule has 1 saturated heterocycles. The minimum Gasteiger partial charge on any atom is -0.448 e. The first kappa shape index (κ1) is 24.7. The van der Waals surface area contributed by atoms with Gasteiger partial charge in [-0.25, -0.2) is 4.79 Å². The predicted octanol–water partition coefficient (Wildman–Crippen LogP) is 4.12. The molecule has 0 bridgehead atoms. The maximum Gasteiger partial charge on any atom is 0.356 e. The number of halogens is 1. The number of hydrogen-bond acceptors (Lipinski definition) is 5. The number of carbonyl (C=O) groups is 3. The molecule has 7 nitrogen and oxygen atoms in total. The van der Waals surface area contributed by atoms with Crippen LogP contribution in [0.4, 0.5) is 0 Å². The van der Waals surface area contributed by atoms with Crippen LogP contribution in [0, 0.1) is 6.92 Å². The van der Waals surface area contributed by atoms with Crippen molar-refractivity contribution in [3.63, 3.8) is 0 Å². The molecule has 0 aromatic heterocycles. The van der Waals surface area contributed by atoms with E-state index in [9.17, 15) is 14.4 Å². The second-order valence-electron chi connectivity index (χ2n) is 8.92. The number of alkyl halides is 1. The first-order chi connectivity index (χ1) is 18.0. The van der Waals surface area contributed by atoms with E-state index in [1.165, 1.54) is 4.90 Å². The van der Waals surface area contributed by atoms with E-state index in [-0.39, 0.29) is 18.2 Å². The van der Waals surface area contributed by atoms with Crippen LogP contribution in [-0.2, 0) is 19.1 Å². The fourth-order valence-corrected chi connectivity index (χ4v) is 4.65. The molecule has 1 N–H and O–H groups in total. The number of ether oxygens (including phenoxy) is 2. The number of esters is 1. The van der Waals surface area contributed by atoms with E-state index in [2.05, 4.69) is 5.32 Å². The van der Waals surface area contributed by atoms with Crippen molar-refractivity contribution in [1.29, 1.82) is 0 Å². The number of nitrogens with zero attached hydrogens (tertiary/aromatic N) is 1. The summed E-state index contributed by atoms with van der Waals surface area (Å²) < 4.78 is 11.8. The molecule has 37 heavy (non-hydrogen) atoms. The molecule has 2 aliphatic rings. The maximum atomic E-state index is 13.6. The van der Waals surface area contributed by atoms with E-state index < -0.39 is 36.2 Å². The standard InChI is InChI=1S/C29H25ClN2O5/c1-18-12-14-21(15-13-18)26(33)31-23-27(34)32-24(22(16-30)17-36-28(23)32)29(35)37-25(19-8-4-2-5-9-19)20-10-6-3-7-11-20/h2-15,23,25,28H,16-17H2,1H3,(H,31,33)/t23-,28-/m1/s1. The van der Waals surface area contributed by atoms with Gasteiger partial charge >= 0.3 is 5.97 Å². The minimum atomic E-state index is -0.924. The lowest BCUT2D eigenvalue weighted by Crippen LogP contribution is -2.73. The van der Waals surface area contributed by atoms with Crippen LogP contribution in [0.2, 0.25) is 0 Å². The Hall–Kier alpha value is -3.94. The molecule has 0 spiro atoms. The van der Waals surface area contributed by atoms with Gasteiger partial charge in [0.05, 0.1) is 6.61 Å². The average Bonchev–Trinajstić information content (AvgIpc) is 2.94. The highest BCUT2D eigenvalue weighted by Gasteiger charge is 2.55. The Morgan fingerprint density at radius 3 is 2.16 bits per heavy atom. The molecule has 2 heterocycles. The van der Waals surface area contributed by atoms with Crippen molar-refractivity contribution in [3.8, 4) is 0 Å². The number of β-lactam (4-membered cyclic amide) rings is 1. The third kappa shape index (κ3) is 4.88. The van der Waals surface area contributed by atoms with Crippen molar-refractivity contribution in [2.24, 2.45) is 0 Å². The van der Waals surface area contributed by atoms with Gasteiger partial charge in [-0.1, -0.05) is 78.4 Å². The van der Waals surface area contributed by atoms with Crippen LogP contribution in [0.1, 0.15) is 33.2 Å². The summed E-state index contributed by atoms with van der Waals surface area (Å²) in [6.07, 6.45) is -1.52. The molecular formula is C29H25ClN2O5. The Balaban J connectivity index is 1.38. The number of amides is 2. The fraction of sp³-hybridized carbons (Fsp3) is 0.207. The van der Waals surface area contributed by atoms with Crippen LogP contribution in [0.25, 0.3) is 0 Å². The summed E-state index contributed by atoms with van der Waals surface area (Å²) >= 11 is 6.13. The molecule has 3 aromatic rings. The van der Waals surface area contributed by atoms with Crippen LogP contribution in [0.5, 0.6) is 0 Å². The van der Waals surface area contributed by atoms with Crippen LogP contribution in [0.15, 0.2) is 96.2 Å². The summed E-state index contributed by atoms with van der Waals surface area (Å²) in [4.78, 5) is 40.7. The number of benzene rings is 3. The molecule has 2 atom stereocenters. The Labute approximate surface area is 219 Å². The number of carbonyl (C=O) groups excluding carboxylic acids is 3. The number of hydrogen-bond donors (Lipinski definition) is 1. The van der Waals surface area contributed by atoms with Gasteiger partial charge in [0.25, 0.3) is 11.8 Å². The third-order valence-electron chi connectivity index (χ3n) is 6.43. The zero-order valence-electron chi connectivity index (χ0n) is 20.1. The zero-order valence-corrected chi connectivity index (χ0v) is 20.9. The summed E-state index contributed by atoms with van der Waals surface area (Å²) in [7, 11) is 0. The largest absolute Gasteiger partial charge is 0.448 e. The second-order valence-corrected chi connectivity index (χ2v) is 9.19. The van der Waals surface area contributed by atoms with Gasteiger partial charge in [-0.05, 0) is 30.2 Å². The maximum absolute atomic E-state index is 13.6.